The minimum Gasteiger partial charge on any atom is -0.485 e. The molecule has 0 amide bonds. The molecule has 1 unspecified atom stereocenters. The molecule has 0 aliphatic carbocycles. The second-order valence-corrected chi connectivity index (χ2v) is 4.61. The highest BCUT2D eigenvalue weighted by Crippen LogP contribution is 2.21. The maximum atomic E-state index is 11.1. The van der Waals surface area contributed by atoms with Crippen LogP contribution in [0.15, 0.2) is 42.6 Å². The van der Waals surface area contributed by atoms with Crippen molar-refractivity contribution in [3.05, 3.63) is 53.9 Å². The summed E-state index contributed by atoms with van der Waals surface area (Å²) in [7, 11) is 1.40. The van der Waals surface area contributed by atoms with E-state index in [1.165, 1.54) is 7.11 Å². The number of nitrogens with one attached hydrogen (secondary N) is 1. The largest absolute Gasteiger partial charge is 0.485 e. The quantitative estimate of drug-likeness (QED) is 0.822. The number of aromatic nitrogens is 1. The Hall–Kier alpha value is -2.23. The summed E-state index contributed by atoms with van der Waals surface area (Å²) in [6.45, 7) is 2.00. The molecule has 1 aromatic carbocycles. The van der Waals surface area contributed by atoms with Crippen LogP contribution >= 0.6 is 0 Å². The van der Waals surface area contributed by atoms with Crippen molar-refractivity contribution in [3.63, 3.8) is 0 Å². The predicted octanol–water partition coefficient (Wildman–Crippen LogP) is 3.26. The number of aryl methyl sites for hydroxylation is 1. The third-order valence-electron chi connectivity index (χ3n) is 3.14. The number of carbonyl (C=O) groups excluding carboxylic acids is 1. The summed E-state index contributed by atoms with van der Waals surface area (Å²) >= 11 is 0. The van der Waals surface area contributed by atoms with Crippen LogP contribution in [0.4, 0.5) is 0 Å². The first kappa shape index (κ1) is 14.2. The van der Waals surface area contributed by atoms with Crippen LogP contribution < -0.4 is 4.74 Å². The lowest BCUT2D eigenvalue weighted by atomic mass is 10.1. The van der Waals surface area contributed by atoms with E-state index < -0.39 is 0 Å². The zero-order valence-electron chi connectivity index (χ0n) is 11.8. The van der Waals surface area contributed by atoms with Crippen molar-refractivity contribution >= 4 is 5.97 Å². The monoisotopic (exact) mass is 273 g/mol. The molecule has 4 nitrogen and oxygen atoms in total. The van der Waals surface area contributed by atoms with E-state index in [1.54, 1.807) is 0 Å². The standard InChI is InChI=1S/C16H19NO3/c1-12(15-4-3-11-17-15)20-14-8-5-13(6-9-14)7-10-16(18)19-2/h3-6,8-9,11-12,17H,7,10H2,1-2H3. The van der Waals surface area contributed by atoms with Crippen LogP contribution in [0.1, 0.15) is 30.7 Å². The number of hydrogen-bond donors (Lipinski definition) is 1. The van der Waals surface area contributed by atoms with Crippen LogP contribution in [0.3, 0.4) is 0 Å². The molecule has 0 aliphatic rings. The number of esters is 1. The molecule has 1 atom stereocenters. The van der Waals surface area contributed by atoms with Gasteiger partial charge >= 0.3 is 5.97 Å². The van der Waals surface area contributed by atoms with Crippen molar-refractivity contribution in [1.82, 2.24) is 4.98 Å². The molecule has 0 radical (unpaired) electrons. The molecule has 20 heavy (non-hydrogen) atoms. The topological polar surface area (TPSA) is 51.3 Å². The number of H-pyrrole nitrogens is 1. The summed E-state index contributed by atoms with van der Waals surface area (Å²) in [6, 6.07) is 11.7. The fourth-order valence-electron chi connectivity index (χ4n) is 1.95. The lowest BCUT2D eigenvalue weighted by Crippen LogP contribution is -2.04. The maximum Gasteiger partial charge on any atom is 0.305 e. The van der Waals surface area contributed by atoms with Crippen LogP contribution in [0, 0.1) is 0 Å². The molecule has 2 rings (SSSR count). The summed E-state index contributed by atoms with van der Waals surface area (Å²) in [5.41, 5.74) is 2.13. The maximum absolute atomic E-state index is 11.1. The van der Waals surface area contributed by atoms with Gasteiger partial charge in [0.05, 0.1) is 12.8 Å². The molecule has 0 saturated heterocycles. The SMILES string of the molecule is COC(=O)CCc1ccc(OC(C)c2ccc[nH]2)cc1. The summed E-state index contributed by atoms with van der Waals surface area (Å²) in [5.74, 6) is 0.625. The Bertz CT molecular complexity index is 531. The number of aromatic amines is 1. The Labute approximate surface area is 118 Å². The van der Waals surface area contributed by atoms with Crippen LogP contribution in [0.2, 0.25) is 0 Å². The summed E-state index contributed by atoms with van der Waals surface area (Å²) < 4.78 is 10.5. The number of hydrogen-bond acceptors (Lipinski definition) is 3. The van der Waals surface area contributed by atoms with E-state index in [1.807, 2.05) is 49.5 Å². The molecule has 1 heterocycles. The summed E-state index contributed by atoms with van der Waals surface area (Å²) in [6.07, 6.45) is 2.94. The van der Waals surface area contributed by atoms with Crippen molar-refractivity contribution in [1.29, 1.82) is 0 Å². The first-order valence-electron chi connectivity index (χ1n) is 6.64. The number of carbonyl (C=O) groups is 1. The van der Waals surface area contributed by atoms with Gasteiger partial charge in [0.25, 0.3) is 0 Å². The Kier molecular flexibility index (Phi) is 4.82. The van der Waals surface area contributed by atoms with Gasteiger partial charge in [-0.25, -0.2) is 0 Å². The van der Waals surface area contributed by atoms with E-state index >= 15 is 0 Å². The van der Waals surface area contributed by atoms with Crippen LogP contribution in [0.5, 0.6) is 5.75 Å². The normalized spacial score (nSPS) is 11.9. The van der Waals surface area contributed by atoms with Crippen molar-refractivity contribution in [2.45, 2.75) is 25.9 Å². The molecule has 4 heteroatoms. The van der Waals surface area contributed by atoms with Gasteiger partial charge in [-0.15, -0.1) is 0 Å². The predicted molar refractivity (Wildman–Crippen MR) is 76.6 cm³/mol. The van der Waals surface area contributed by atoms with Crippen LogP contribution in [0.25, 0.3) is 0 Å². The number of rotatable bonds is 6. The molecule has 0 spiro atoms. The Morgan fingerprint density at radius 1 is 1.25 bits per heavy atom. The molecule has 2 aromatic rings. The molecular weight excluding hydrogens is 254 g/mol. The van der Waals surface area contributed by atoms with Crippen LogP contribution in [-0.2, 0) is 16.0 Å². The van der Waals surface area contributed by atoms with Crippen molar-refractivity contribution < 1.29 is 14.3 Å². The van der Waals surface area contributed by atoms with E-state index in [2.05, 4.69) is 9.72 Å². The lowest BCUT2D eigenvalue weighted by molar-refractivity contribution is -0.140. The van der Waals surface area contributed by atoms with E-state index in [9.17, 15) is 4.79 Å². The Balaban J connectivity index is 1.89. The smallest absolute Gasteiger partial charge is 0.305 e. The van der Waals surface area contributed by atoms with E-state index in [0.29, 0.717) is 12.8 Å². The molecule has 0 bridgehead atoms. The highest BCUT2D eigenvalue weighted by molar-refractivity contribution is 5.69. The lowest BCUT2D eigenvalue weighted by Gasteiger charge is -2.13. The number of ether oxygens (including phenoxy) is 2. The third kappa shape index (κ3) is 3.88. The average Bonchev–Trinajstić information content (AvgIpc) is 3.00. The molecule has 106 valence electrons. The summed E-state index contributed by atoms with van der Waals surface area (Å²) in [4.78, 5) is 14.2. The van der Waals surface area contributed by atoms with E-state index in [4.69, 9.17) is 4.74 Å². The van der Waals surface area contributed by atoms with Crippen molar-refractivity contribution in [2.75, 3.05) is 7.11 Å². The highest BCUT2D eigenvalue weighted by Gasteiger charge is 2.08. The highest BCUT2D eigenvalue weighted by atomic mass is 16.5. The van der Waals surface area contributed by atoms with E-state index in [-0.39, 0.29) is 12.1 Å². The van der Waals surface area contributed by atoms with Gasteiger partial charge < -0.3 is 14.5 Å². The van der Waals surface area contributed by atoms with Crippen molar-refractivity contribution in [2.24, 2.45) is 0 Å². The number of methoxy groups -OCH3 is 1. The average molecular weight is 273 g/mol. The Morgan fingerprint density at radius 3 is 2.60 bits per heavy atom. The third-order valence-corrected chi connectivity index (χ3v) is 3.14. The van der Waals surface area contributed by atoms with Gasteiger partial charge in [-0.2, -0.15) is 0 Å². The minimum atomic E-state index is -0.189. The zero-order valence-corrected chi connectivity index (χ0v) is 11.8. The van der Waals surface area contributed by atoms with Gasteiger partial charge in [0.2, 0.25) is 0 Å². The molecular formula is C16H19NO3. The van der Waals surface area contributed by atoms with Gasteiger partial charge in [-0.05, 0) is 43.2 Å². The van der Waals surface area contributed by atoms with Gasteiger partial charge in [-0.3, -0.25) is 4.79 Å². The van der Waals surface area contributed by atoms with Gasteiger partial charge in [0.15, 0.2) is 0 Å². The first-order chi connectivity index (χ1) is 9.69. The zero-order chi connectivity index (χ0) is 14.4. The molecule has 0 aliphatic heterocycles. The second-order valence-electron chi connectivity index (χ2n) is 4.61. The molecule has 0 fully saturated rings. The van der Waals surface area contributed by atoms with E-state index in [0.717, 1.165) is 17.0 Å². The molecule has 1 aromatic heterocycles. The van der Waals surface area contributed by atoms with Crippen molar-refractivity contribution in [3.8, 4) is 5.75 Å². The fourth-order valence-corrected chi connectivity index (χ4v) is 1.95. The Morgan fingerprint density at radius 2 is 2.00 bits per heavy atom. The minimum absolute atomic E-state index is 0.0223. The first-order valence-corrected chi connectivity index (χ1v) is 6.64. The second kappa shape index (κ2) is 6.80. The van der Waals surface area contributed by atoms with Gasteiger partial charge in [-0.1, -0.05) is 12.1 Å². The number of benzene rings is 1. The molecule has 1 N–H and O–H groups in total. The molecule has 0 saturated carbocycles. The summed E-state index contributed by atoms with van der Waals surface area (Å²) in [5, 5.41) is 0. The van der Waals surface area contributed by atoms with Gasteiger partial charge in [0, 0.05) is 12.6 Å². The van der Waals surface area contributed by atoms with Gasteiger partial charge in [0.1, 0.15) is 11.9 Å². The van der Waals surface area contributed by atoms with Crippen LogP contribution in [-0.4, -0.2) is 18.1 Å². The fraction of sp³-hybridized carbons (Fsp3) is 0.312.